The number of hydrogen-bond acceptors (Lipinski definition) is 4. The van der Waals surface area contributed by atoms with Crippen molar-refractivity contribution in [1.82, 2.24) is 15.0 Å². The first kappa shape index (κ1) is 22.2. The van der Waals surface area contributed by atoms with E-state index in [4.69, 9.17) is 26.2 Å². The van der Waals surface area contributed by atoms with Crippen LogP contribution in [0.15, 0.2) is 168 Å². The van der Waals surface area contributed by atoms with E-state index in [-0.39, 0.29) is 41.4 Å². The van der Waals surface area contributed by atoms with Gasteiger partial charge in [-0.15, -0.1) is 0 Å². The molecule has 4 heteroatoms. The zero-order chi connectivity index (χ0) is 35.5. The summed E-state index contributed by atoms with van der Waals surface area (Å²) in [7, 11) is 0. The van der Waals surface area contributed by atoms with Gasteiger partial charge in [-0.1, -0.05) is 139 Å². The number of hydrogen-bond donors (Lipinski definition) is 0. The molecule has 2 heterocycles. The van der Waals surface area contributed by atoms with Crippen molar-refractivity contribution in [2.45, 2.75) is 0 Å². The van der Waals surface area contributed by atoms with Crippen molar-refractivity contribution in [1.29, 1.82) is 0 Å². The van der Waals surface area contributed by atoms with Gasteiger partial charge in [-0.05, 0) is 57.2 Å². The molecule has 9 aromatic rings. The van der Waals surface area contributed by atoms with Crippen LogP contribution in [0, 0.1) is 0 Å². The summed E-state index contributed by atoms with van der Waals surface area (Å²) in [4.78, 5) is 14.9. The lowest BCUT2D eigenvalue weighted by Crippen LogP contribution is -2.00. The van der Waals surface area contributed by atoms with Crippen LogP contribution in [0.25, 0.3) is 89.1 Å². The third-order valence-electron chi connectivity index (χ3n) is 8.39. The highest BCUT2D eigenvalue weighted by molar-refractivity contribution is 6.12. The van der Waals surface area contributed by atoms with Crippen molar-refractivity contribution in [2.24, 2.45) is 0 Å². The molecule has 4 nitrogen and oxygen atoms in total. The van der Waals surface area contributed by atoms with Crippen molar-refractivity contribution in [3.63, 3.8) is 0 Å². The molecule has 0 aliphatic carbocycles. The third-order valence-corrected chi connectivity index (χ3v) is 8.39. The molecule has 0 radical (unpaired) electrons. The minimum Gasteiger partial charge on any atom is -0.456 e. The smallest absolute Gasteiger partial charge is 0.164 e. The average molecular weight is 607 g/mol. The maximum absolute atomic E-state index is 8.87. The maximum atomic E-state index is 8.87. The van der Waals surface area contributed by atoms with Crippen LogP contribution in [0.4, 0.5) is 0 Å². The molecule has 0 saturated heterocycles. The van der Waals surface area contributed by atoms with E-state index in [0.717, 1.165) is 44.2 Å². The third kappa shape index (κ3) is 4.84. The number of furan rings is 1. The predicted octanol–water partition coefficient (Wildman–Crippen LogP) is 11.3. The minimum absolute atomic E-state index is 0.0156. The molecular weight excluding hydrogens is 574 g/mol. The summed E-state index contributed by atoms with van der Waals surface area (Å²) in [5, 5.41) is 2.98. The van der Waals surface area contributed by atoms with Crippen molar-refractivity contribution in [2.75, 3.05) is 0 Å². The Morgan fingerprint density at radius 2 is 1.09 bits per heavy atom. The fraction of sp³-hybridized carbons (Fsp3) is 0. The first-order chi connectivity index (χ1) is 25.3. The van der Waals surface area contributed by atoms with Gasteiger partial charge in [-0.25, -0.2) is 15.0 Å². The van der Waals surface area contributed by atoms with E-state index in [1.807, 2.05) is 97.1 Å². The largest absolute Gasteiger partial charge is 0.456 e. The number of fused-ring (bicyclic) bond motifs is 4. The highest BCUT2D eigenvalue weighted by atomic mass is 16.3. The van der Waals surface area contributed by atoms with Crippen LogP contribution in [-0.2, 0) is 0 Å². The van der Waals surface area contributed by atoms with E-state index in [1.54, 1.807) is 0 Å². The van der Waals surface area contributed by atoms with Crippen molar-refractivity contribution < 1.29 is 11.3 Å². The van der Waals surface area contributed by atoms with Crippen LogP contribution in [-0.4, -0.2) is 15.0 Å². The summed E-state index contributed by atoms with van der Waals surface area (Å²) in [6.45, 7) is 0. The topological polar surface area (TPSA) is 51.8 Å². The van der Waals surface area contributed by atoms with Gasteiger partial charge in [-0.3, -0.25) is 0 Å². The summed E-state index contributed by atoms with van der Waals surface area (Å²) in [5.41, 5.74) is 6.18. The highest BCUT2D eigenvalue weighted by Gasteiger charge is 2.16. The summed E-state index contributed by atoms with van der Waals surface area (Å²) < 4.78 is 48.1. The molecule has 0 fully saturated rings. The number of para-hydroxylation sites is 1. The first-order valence-corrected chi connectivity index (χ1v) is 15.3. The van der Waals surface area contributed by atoms with Gasteiger partial charge in [0, 0.05) is 27.5 Å². The van der Waals surface area contributed by atoms with Crippen LogP contribution in [0.1, 0.15) is 6.85 Å². The Balaban J connectivity index is 1.20. The predicted molar refractivity (Wildman–Crippen MR) is 192 cm³/mol. The fourth-order valence-corrected chi connectivity index (χ4v) is 6.12. The molecule has 0 spiro atoms. The van der Waals surface area contributed by atoms with E-state index in [9.17, 15) is 0 Å². The van der Waals surface area contributed by atoms with Gasteiger partial charge in [0.1, 0.15) is 11.2 Å². The fourth-order valence-electron chi connectivity index (χ4n) is 6.12. The lowest BCUT2D eigenvalue weighted by atomic mass is 9.94. The molecule has 2 aromatic heterocycles. The summed E-state index contributed by atoms with van der Waals surface area (Å²) in [6.07, 6.45) is 0. The minimum atomic E-state index is -0.241. The van der Waals surface area contributed by atoms with E-state index >= 15 is 0 Å². The Morgan fingerprint density at radius 1 is 0.426 bits per heavy atom. The summed E-state index contributed by atoms with van der Waals surface area (Å²) in [6, 6.07) is 42.6. The quantitative estimate of drug-likeness (QED) is 0.196. The molecule has 0 bridgehead atoms. The standard InChI is InChI=1S/C43H27N3O/c1-3-12-30(13-4-1)41-44-42(31-14-5-2-6-15-31)46-43(45-41)37-27-33(26-32-16-7-8-17-34(32)37)28-22-24-29(25-23-28)35-19-11-21-39-40(35)36-18-9-10-20-38(36)47-39/h1-27H/i9D,10D,19D,20D,21D. The van der Waals surface area contributed by atoms with Crippen LogP contribution in [0.5, 0.6) is 0 Å². The zero-order valence-corrected chi connectivity index (χ0v) is 25.0. The van der Waals surface area contributed by atoms with Crippen LogP contribution >= 0.6 is 0 Å². The molecule has 0 atom stereocenters. The second kappa shape index (κ2) is 11.2. The lowest BCUT2D eigenvalue weighted by molar-refractivity contribution is 0.669. The highest BCUT2D eigenvalue weighted by Crippen LogP contribution is 2.38. The van der Waals surface area contributed by atoms with Crippen molar-refractivity contribution in [3.8, 4) is 56.4 Å². The second-order valence-corrected chi connectivity index (χ2v) is 11.3. The van der Waals surface area contributed by atoms with Gasteiger partial charge in [0.25, 0.3) is 0 Å². The normalized spacial score (nSPS) is 12.9. The van der Waals surface area contributed by atoms with Gasteiger partial charge in [0.05, 0.1) is 6.85 Å². The van der Waals surface area contributed by atoms with E-state index in [1.165, 1.54) is 12.1 Å². The molecule has 0 saturated carbocycles. The molecule has 220 valence electrons. The Hall–Kier alpha value is -6.39. The van der Waals surface area contributed by atoms with Crippen LogP contribution in [0.2, 0.25) is 0 Å². The van der Waals surface area contributed by atoms with Crippen LogP contribution in [0.3, 0.4) is 0 Å². The molecule has 0 N–H and O–H groups in total. The Labute approximate surface area is 278 Å². The second-order valence-electron chi connectivity index (χ2n) is 11.3. The molecular formula is C43H27N3O. The van der Waals surface area contributed by atoms with Gasteiger partial charge in [0.2, 0.25) is 0 Å². The number of benzene rings is 7. The molecule has 0 aliphatic rings. The monoisotopic (exact) mass is 606 g/mol. The van der Waals surface area contributed by atoms with Crippen molar-refractivity contribution >= 4 is 32.7 Å². The zero-order valence-electron chi connectivity index (χ0n) is 30.0. The first-order valence-electron chi connectivity index (χ1n) is 17.8. The Morgan fingerprint density at radius 3 is 1.83 bits per heavy atom. The maximum Gasteiger partial charge on any atom is 0.164 e. The van der Waals surface area contributed by atoms with Gasteiger partial charge in [-0.2, -0.15) is 0 Å². The molecule has 0 amide bonds. The van der Waals surface area contributed by atoms with E-state index in [2.05, 4.69) is 24.3 Å². The molecule has 0 aliphatic heterocycles. The lowest BCUT2D eigenvalue weighted by Gasteiger charge is -2.13. The van der Waals surface area contributed by atoms with E-state index in [0.29, 0.717) is 33.8 Å². The Bertz CT molecular complexity index is 2780. The van der Waals surface area contributed by atoms with Gasteiger partial charge >= 0.3 is 0 Å². The SMILES string of the molecule is [2H]c1cc2c(oc3c([2H])cc([2H])c(-c4ccc(-c5cc(-c6nc(-c7ccccc7)nc(-c7ccccc7)n6)c6ccccc6c5)cc4)c32)c([2H])c1[2H]. The van der Waals surface area contributed by atoms with E-state index < -0.39 is 0 Å². The molecule has 0 unspecified atom stereocenters. The van der Waals surface area contributed by atoms with Gasteiger partial charge < -0.3 is 4.42 Å². The van der Waals surface area contributed by atoms with Gasteiger partial charge in [0.15, 0.2) is 17.5 Å². The van der Waals surface area contributed by atoms with Crippen molar-refractivity contribution in [3.05, 3.63) is 164 Å². The number of nitrogens with zero attached hydrogens (tertiary/aromatic N) is 3. The molecule has 47 heavy (non-hydrogen) atoms. The Kier molecular flexibility index (Phi) is 5.28. The number of aromatic nitrogens is 3. The molecule has 9 rings (SSSR count). The molecule has 7 aromatic carbocycles. The average Bonchev–Trinajstić information content (AvgIpc) is 3.57. The summed E-state index contributed by atoms with van der Waals surface area (Å²) in [5.74, 6) is 1.73. The van der Waals surface area contributed by atoms with Crippen LogP contribution < -0.4 is 0 Å². The number of rotatable bonds is 5. The summed E-state index contributed by atoms with van der Waals surface area (Å²) >= 11 is 0.